The maximum Gasteiger partial charge on any atom is 0.511 e. The minimum Gasteiger partial charge on any atom is -0.493 e. The van der Waals surface area contributed by atoms with Gasteiger partial charge in [-0.2, -0.15) is 5.10 Å². The van der Waals surface area contributed by atoms with E-state index in [1.807, 2.05) is 19.1 Å². The number of hydrogen-bond acceptors (Lipinski definition) is 7. The summed E-state index contributed by atoms with van der Waals surface area (Å²) in [7, 11) is 3.79. The van der Waals surface area contributed by atoms with E-state index in [1.54, 1.807) is 31.4 Å². The van der Waals surface area contributed by atoms with E-state index < -0.39 is 6.16 Å². The predicted molar refractivity (Wildman–Crippen MR) is 132 cm³/mol. The number of carboxylic acid groups (broad SMARTS) is 1. The number of methoxy groups -OCH3 is 1. The van der Waals surface area contributed by atoms with Crippen LogP contribution in [0.25, 0.3) is 33.1 Å². The summed E-state index contributed by atoms with van der Waals surface area (Å²) in [6.07, 6.45) is 0.882. The van der Waals surface area contributed by atoms with E-state index in [0.29, 0.717) is 35.4 Å². The molecule has 1 aliphatic heterocycles. The second-order valence-corrected chi connectivity index (χ2v) is 9.01. The van der Waals surface area contributed by atoms with E-state index in [1.165, 1.54) is 0 Å². The number of piperidine rings is 1. The Morgan fingerprint density at radius 1 is 1.14 bits per heavy atom. The number of H-pyrrole nitrogens is 1. The summed E-state index contributed by atoms with van der Waals surface area (Å²) in [5.41, 5.74) is 3.03. The van der Waals surface area contributed by atoms with Crippen molar-refractivity contribution in [2.75, 3.05) is 33.9 Å². The molecule has 1 saturated heterocycles. The molecule has 9 heteroatoms. The lowest BCUT2D eigenvalue weighted by molar-refractivity contribution is 0.144. The van der Waals surface area contributed by atoms with Crippen LogP contribution in [0.3, 0.4) is 0 Å². The van der Waals surface area contributed by atoms with Gasteiger partial charge in [0, 0.05) is 27.4 Å². The minimum atomic E-state index is -1.35. The van der Waals surface area contributed by atoms with Crippen molar-refractivity contribution in [1.82, 2.24) is 20.1 Å². The standard InChI is InChI=1S/C26H28N4O5/c1-15-23-19-12-22(34-14-16-8-10-30(2)11-9-16)21(33-3)13-20(19)24(27-25(23)29-28-15)17-4-6-18(7-5-17)35-26(31)32/h4-7,12-13,16H,8-11,14H2,1-3H3,(H,31,32)(H,27,28,29). The number of nitrogens with one attached hydrogen (secondary N) is 1. The summed E-state index contributed by atoms with van der Waals surface area (Å²) in [6, 6.07) is 10.7. The van der Waals surface area contributed by atoms with Gasteiger partial charge >= 0.3 is 6.16 Å². The molecule has 0 aliphatic carbocycles. The number of pyridine rings is 1. The van der Waals surface area contributed by atoms with Crippen LogP contribution in [0.2, 0.25) is 0 Å². The molecule has 1 fully saturated rings. The average molecular weight is 477 g/mol. The van der Waals surface area contributed by atoms with E-state index in [-0.39, 0.29) is 5.75 Å². The highest BCUT2D eigenvalue weighted by Crippen LogP contribution is 2.40. The molecule has 2 aromatic heterocycles. The number of fused-ring (bicyclic) bond motifs is 3. The molecule has 3 heterocycles. The number of benzene rings is 2. The van der Waals surface area contributed by atoms with Crippen LogP contribution >= 0.6 is 0 Å². The van der Waals surface area contributed by atoms with Crippen LogP contribution < -0.4 is 14.2 Å². The number of aromatic nitrogens is 3. The van der Waals surface area contributed by atoms with Crippen LogP contribution in [0.1, 0.15) is 18.5 Å². The molecule has 2 N–H and O–H groups in total. The van der Waals surface area contributed by atoms with Gasteiger partial charge in [-0.1, -0.05) is 0 Å². The van der Waals surface area contributed by atoms with Gasteiger partial charge in [-0.25, -0.2) is 9.78 Å². The number of hydrogen-bond donors (Lipinski definition) is 2. The van der Waals surface area contributed by atoms with Crippen molar-refractivity contribution in [3.8, 4) is 28.5 Å². The molecular weight excluding hydrogens is 448 g/mol. The third kappa shape index (κ3) is 4.59. The fourth-order valence-corrected chi connectivity index (χ4v) is 4.66. The first-order chi connectivity index (χ1) is 16.9. The van der Waals surface area contributed by atoms with Gasteiger partial charge in [0.2, 0.25) is 0 Å². The van der Waals surface area contributed by atoms with Gasteiger partial charge in [-0.15, -0.1) is 0 Å². The van der Waals surface area contributed by atoms with Crippen LogP contribution in [0.5, 0.6) is 17.2 Å². The molecule has 0 atom stereocenters. The van der Waals surface area contributed by atoms with Crippen LogP contribution in [0.4, 0.5) is 4.79 Å². The molecule has 0 amide bonds. The molecule has 2 aromatic carbocycles. The molecule has 35 heavy (non-hydrogen) atoms. The van der Waals surface area contributed by atoms with Crippen LogP contribution in [-0.4, -0.2) is 65.2 Å². The Morgan fingerprint density at radius 3 is 2.54 bits per heavy atom. The normalized spacial score (nSPS) is 14.9. The van der Waals surface area contributed by atoms with Crippen molar-refractivity contribution in [3.05, 3.63) is 42.1 Å². The lowest BCUT2D eigenvalue weighted by atomic mass is 9.98. The Bertz CT molecular complexity index is 1370. The van der Waals surface area contributed by atoms with Crippen molar-refractivity contribution in [2.45, 2.75) is 19.8 Å². The molecule has 4 aromatic rings. The summed E-state index contributed by atoms with van der Waals surface area (Å²) in [5.74, 6) is 2.09. The Balaban J connectivity index is 1.57. The lowest BCUT2D eigenvalue weighted by Gasteiger charge is -2.29. The minimum absolute atomic E-state index is 0.240. The molecule has 5 rings (SSSR count). The third-order valence-electron chi connectivity index (χ3n) is 6.62. The Morgan fingerprint density at radius 2 is 1.86 bits per heavy atom. The van der Waals surface area contributed by atoms with Gasteiger partial charge in [-0.3, -0.25) is 5.10 Å². The molecule has 0 radical (unpaired) electrons. The summed E-state index contributed by atoms with van der Waals surface area (Å²) in [4.78, 5) is 18.0. The molecule has 0 saturated carbocycles. The van der Waals surface area contributed by atoms with Gasteiger partial charge in [0.05, 0.1) is 19.4 Å². The van der Waals surface area contributed by atoms with Crippen LogP contribution in [0, 0.1) is 12.8 Å². The highest BCUT2D eigenvalue weighted by atomic mass is 16.7. The van der Waals surface area contributed by atoms with Gasteiger partial charge in [0.15, 0.2) is 17.1 Å². The largest absolute Gasteiger partial charge is 0.511 e. The first-order valence-electron chi connectivity index (χ1n) is 11.6. The zero-order valence-electron chi connectivity index (χ0n) is 20.0. The smallest absolute Gasteiger partial charge is 0.493 e. The summed E-state index contributed by atoms with van der Waals surface area (Å²) >= 11 is 0. The SMILES string of the molecule is COc1cc2c(-c3ccc(OC(=O)O)cc3)nc3n[nH]c(C)c3c2cc1OCC1CCN(C)CC1. The molecule has 1 aliphatic rings. The van der Waals surface area contributed by atoms with Gasteiger partial charge < -0.3 is 24.2 Å². The Hall–Kier alpha value is -3.85. The zero-order valence-corrected chi connectivity index (χ0v) is 20.0. The van der Waals surface area contributed by atoms with Crippen molar-refractivity contribution in [1.29, 1.82) is 0 Å². The summed E-state index contributed by atoms with van der Waals surface area (Å²) in [5, 5.41) is 19.1. The average Bonchev–Trinajstić information content (AvgIpc) is 3.23. The van der Waals surface area contributed by atoms with Crippen molar-refractivity contribution < 1.29 is 24.1 Å². The van der Waals surface area contributed by atoms with Crippen molar-refractivity contribution in [2.24, 2.45) is 5.92 Å². The van der Waals surface area contributed by atoms with E-state index >= 15 is 0 Å². The monoisotopic (exact) mass is 476 g/mol. The maximum absolute atomic E-state index is 10.8. The molecule has 9 nitrogen and oxygen atoms in total. The van der Waals surface area contributed by atoms with Gasteiger partial charge in [0.25, 0.3) is 0 Å². The molecule has 0 bridgehead atoms. The van der Waals surface area contributed by atoms with Gasteiger partial charge in [-0.05, 0) is 82.2 Å². The first kappa shape index (κ1) is 22.9. The van der Waals surface area contributed by atoms with E-state index in [2.05, 4.69) is 22.1 Å². The fraction of sp³-hybridized carbons (Fsp3) is 0.346. The number of nitrogens with zero attached hydrogens (tertiary/aromatic N) is 3. The van der Waals surface area contributed by atoms with Crippen LogP contribution in [0.15, 0.2) is 36.4 Å². The van der Waals surface area contributed by atoms with Crippen LogP contribution in [-0.2, 0) is 0 Å². The first-order valence-corrected chi connectivity index (χ1v) is 11.6. The van der Waals surface area contributed by atoms with Gasteiger partial charge in [0.1, 0.15) is 5.75 Å². The zero-order chi connectivity index (χ0) is 24.5. The quantitative estimate of drug-likeness (QED) is 0.300. The van der Waals surface area contributed by atoms with E-state index in [9.17, 15) is 4.79 Å². The highest BCUT2D eigenvalue weighted by molar-refractivity contribution is 6.12. The fourth-order valence-electron chi connectivity index (χ4n) is 4.66. The van der Waals surface area contributed by atoms with E-state index in [0.717, 1.165) is 53.3 Å². The second-order valence-electron chi connectivity index (χ2n) is 9.01. The Kier molecular flexibility index (Phi) is 6.17. The lowest BCUT2D eigenvalue weighted by Crippen LogP contribution is -2.32. The molecule has 182 valence electrons. The number of likely N-dealkylation sites (tertiary alicyclic amines) is 1. The predicted octanol–water partition coefficient (Wildman–Crippen LogP) is 4.87. The number of ether oxygens (including phenoxy) is 3. The van der Waals surface area contributed by atoms with Crippen molar-refractivity contribution >= 4 is 28.0 Å². The summed E-state index contributed by atoms with van der Waals surface area (Å²) in [6.45, 7) is 4.79. The molecule has 0 spiro atoms. The summed E-state index contributed by atoms with van der Waals surface area (Å²) < 4.78 is 16.8. The second kappa shape index (κ2) is 9.42. The molecule has 0 unspecified atom stereocenters. The topological polar surface area (TPSA) is 110 Å². The number of aryl methyl sites for hydroxylation is 1. The highest BCUT2D eigenvalue weighted by Gasteiger charge is 2.21. The number of rotatable bonds is 6. The van der Waals surface area contributed by atoms with Crippen molar-refractivity contribution in [3.63, 3.8) is 0 Å². The number of carbonyl (C=O) groups is 1. The maximum atomic E-state index is 10.8. The van der Waals surface area contributed by atoms with E-state index in [4.69, 9.17) is 24.3 Å². The third-order valence-corrected chi connectivity index (χ3v) is 6.62. The molecular formula is C26H28N4O5. The number of aromatic amines is 1. The Labute approximate surface area is 202 Å².